The fraction of sp³-hybridized carbons (Fsp3) is 0.133. The maximum absolute atomic E-state index is 5.16. The van der Waals surface area contributed by atoms with Gasteiger partial charge in [0.1, 0.15) is 0 Å². The van der Waals surface area contributed by atoms with Gasteiger partial charge in [-0.15, -0.1) is 0 Å². The fourth-order valence-corrected chi connectivity index (χ4v) is 4.10. The predicted molar refractivity (Wildman–Crippen MR) is 164 cm³/mol. The molecule has 0 aliphatic heterocycles. The van der Waals surface area contributed by atoms with E-state index >= 15 is 0 Å². The molecule has 0 spiro atoms. The molecule has 0 N–H and O–H groups in total. The van der Waals surface area contributed by atoms with Gasteiger partial charge < -0.3 is 59.5 Å². The topological polar surface area (TPSA) is 6.48 Å². The van der Waals surface area contributed by atoms with Gasteiger partial charge in [-0.3, -0.25) is 0 Å². The summed E-state index contributed by atoms with van der Waals surface area (Å²) in [4.78, 5) is 4.07. The third-order valence-corrected chi connectivity index (χ3v) is 6.41. The van der Waals surface area contributed by atoms with Crippen LogP contribution in [0.5, 0.6) is 0 Å². The molecule has 4 aromatic rings. The Hall–Kier alpha value is -1.98. The van der Waals surface area contributed by atoms with E-state index in [1.165, 1.54) is 22.3 Å². The molecule has 0 radical (unpaired) electrons. The third-order valence-electron chi connectivity index (χ3n) is 5.38. The van der Waals surface area contributed by atoms with Crippen LogP contribution in [0.15, 0.2) is 121 Å². The molecule has 0 fully saturated rings. The van der Waals surface area contributed by atoms with Gasteiger partial charge in [-0.25, -0.2) is 0 Å². The van der Waals surface area contributed by atoms with Crippen molar-refractivity contribution in [2.45, 2.75) is 26.2 Å². The Balaban J connectivity index is 0.000000253. The second-order valence-corrected chi connectivity index (χ2v) is 10.2. The van der Waals surface area contributed by atoms with Crippen LogP contribution in [0, 0.1) is 0 Å². The molecule has 0 heterocycles. The van der Waals surface area contributed by atoms with Gasteiger partial charge in [-0.1, -0.05) is 130 Å². The minimum atomic E-state index is 0. The molecule has 2 nitrogen and oxygen atoms in total. The van der Waals surface area contributed by atoms with Crippen molar-refractivity contribution in [1.82, 2.24) is 9.80 Å². The van der Waals surface area contributed by atoms with Gasteiger partial charge in [0.2, 0.25) is 0 Å². The molecule has 0 unspecified atom stereocenters. The Bertz CT molecular complexity index is 1010. The Kier molecular flexibility index (Phi) is 14.8. The second-order valence-electron chi connectivity index (χ2n) is 8.19. The van der Waals surface area contributed by atoms with Crippen molar-refractivity contribution >= 4 is 58.3 Å². The zero-order valence-corrected chi connectivity index (χ0v) is 27.9. The monoisotopic (exact) mass is 658 g/mol. The number of nitrogens with zero attached hydrogens (tertiary/aromatic N) is 2. The molecule has 4 rings (SSSR count). The number of hydrogen-bond acceptors (Lipinski definition) is 4. The first-order chi connectivity index (χ1) is 17.5. The summed E-state index contributed by atoms with van der Waals surface area (Å²) < 4.78 is 1.03. The quantitative estimate of drug-likeness (QED) is 0.113. The maximum Gasteiger partial charge on any atom is 2.00 e. The molecular weight excluding hydrogens is 629 g/mol. The van der Waals surface area contributed by atoms with E-state index in [1.54, 1.807) is 0 Å². The van der Waals surface area contributed by atoms with E-state index in [0.29, 0.717) is 8.64 Å². The molecule has 0 saturated carbocycles. The minimum Gasteiger partial charge on any atom is -0.411 e. The average molecular weight is 657 g/mol. The van der Waals surface area contributed by atoms with Crippen LogP contribution in [0.3, 0.4) is 0 Å². The first-order valence-electron chi connectivity index (χ1n) is 11.6. The van der Waals surface area contributed by atoms with E-state index in [4.69, 9.17) is 49.7 Å². The van der Waals surface area contributed by atoms with E-state index < -0.39 is 0 Å². The van der Waals surface area contributed by atoms with Crippen molar-refractivity contribution in [1.29, 1.82) is 0 Å². The van der Waals surface area contributed by atoms with Gasteiger partial charge in [-0.2, -0.15) is 0 Å². The fourth-order valence-electron chi connectivity index (χ4n) is 3.59. The van der Waals surface area contributed by atoms with Crippen molar-refractivity contribution < 1.29 is 27.3 Å². The molecule has 184 valence electrons. The molecule has 4 aromatic carbocycles. The number of thiocarbonyl (C=S) groups is 2. The van der Waals surface area contributed by atoms with Gasteiger partial charge in [-0.05, 0) is 22.3 Å². The van der Waals surface area contributed by atoms with Crippen LogP contribution < -0.4 is 0 Å². The summed E-state index contributed by atoms with van der Waals surface area (Å²) in [7, 11) is 0. The summed E-state index contributed by atoms with van der Waals surface area (Å²) in [5.41, 5.74) is 4.89. The molecular formula is C30H28CdN2S4. The SMILES string of the molecule is S=C([S-])N(Cc1ccccc1)Cc1ccccc1.S=C([S-])N(Cc1ccccc1)Cc1ccccc1.[Cd+2]. The molecule has 0 aliphatic rings. The summed E-state index contributed by atoms with van der Waals surface area (Å²) in [5, 5.41) is 0. The van der Waals surface area contributed by atoms with Gasteiger partial charge in [0, 0.05) is 26.2 Å². The second kappa shape index (κ2) is 17.5. The molecule has 0 aromatic heterocycles. The first-order valence-corrected chi connectivity index (χ1v) is 13.2. The summed E-state index contributed by atoms with van der Waals surface area (Å²) in [6.07, 6.45) is 0. The molecule has 0 aliphatic carbocycles. The summed E-state index contributed by atoms with van der Waals surface area (Å²) in [6, 6.07) is 41.0. The minimum absolute atomic E-state index is 0. The Labute approximate surface area is 263 Å². The van der Waals surface area contributed by atoms with Crippen LogP contribution >= 0.6 is 24.4 Å². The van der Waals surface area contributed by atoms with Crippen LogP contribution in [0.1, 0.15) is 22.3 Å². The van der Waals surface area contributed by atoms with Crippen LogP contribution in [-0.4, -0.2) is 18.4 Å². The molecule has 0 atom stereocenters. The first kappa shape index (κ1) is 31.2. The summed E-state index contributed by atoms with van der Waals surface area (Å²) in [5.74, 6) is 0. The van der Waals surface area contributed by atoms with E-state index in [1.807, 2.05) is 82.6 Å². The van der Waals surface area contributed by atoms with E-state index in [2.05, 4.69) is 48.5 Å². The van der Waals surface area contributed by atoms with Gasteiger partial charge in [0.25, 0.3) is 0 Å². The number of benzene rings is 4. The van der Waals surface area contributed by atoms with Crippen LogP contribution in [0.25, 0.3) is 0 Å². The smallest absolute Gasteiger partial charge is 0.411 e. The molecule has 0 saturated heterocycles. The van der Waals surface area contributed by atoms with Gasteiger partial charge in [0.05, 0.1) is 0 Å². The van der Waals surface area contributed by atoms with Gasteiger partial charge in [0.15, 0.2) is 0 Å². The largest absolute Gasteiger partial charge is 2.00 e. The molecule has 37 heavy (non-hydrogen) atoms. The Morgan fingerprint density at radius 3 is 0.784 bits per heavy atom. The standard InChI is InChI=1S/2C15H15NS2.Cd/c2*17-15(18)16(11-13-7-3-1-4-8-13)12-14-9-5-2-6-10-14;/h2*1-10H,11-12H2,(H,17,18);/q;;+2/p-2. The molecule has 7 heteroatoms. The van der Waals surface area contributed by atoms with Crippen molar-refractivity contribution in [3.05, 3.63) is 144 Å². The normalized spacial score (nSPS) is 9.73. The number of hydrogen-bond donors (Lipinski definition) is 0. The summed E-state index contributed by atoms with van der Waals surface area (Å²) >= 11 is 20.6. The van der Waals surface area contributed by atoms with Crippen LogP contribution in [0.4, 0.5) is 0 Å². The van der Waals surface area contributed by atoms with E-state index in [0.717, 1.165) is 26.2 Å². The van der Waals surface area contributed by atoms with Crippen molar-refractivity contribution in [3.8, 4) is 0 Å². The predicted octanol–water partition coefficient (Wildman–Crippen LogP) is 7.04. The van der Waals surface area contributed by atoms with Crippen molar-refractivity contribution in [3.63, 3.8) is 0 Å². The van der Waals surface area contributed by atoms with E-state index in [9.17, 15) is 0 Å². The van der Waals surface area contributed by atoms with Gasteiger partial charge >= 0.3 is 27.3 Å². The zero-order chi connectivity index (χ0) is 25.6. The molecule has 0 amide bonds. The Morgan fingerprint density at radius 1 is 0.432 bits per heavy atom. The molecule has 0 bridgehead atoms. The van der Waals surface area contributed by atoms with Crippen LogP contribution in [-0.2, 0) is 78.7 Å². The van der Waals surface area contributed by atoms with Crippen molar-refractivity contribution in [2.24, 2.45) is 0 Å². The zero-order valence-electron chi connectivity index (χ0n) is 20.6. The average Bonchev–Trinajstić information content (AvgIpc) is 2.91. The summed E-state index contributed by atoms with van der Waals surface area (Å²) in [6.45, 7) is 3.05. The van der Waals surface area contributed by atoms with Crippen molar-refractivity contribution in [2.75, 3.05) is 0 Å². The Morgan fingerprint density at radius 2 is 0.622 bits per heavy atom. The maximum atomic E-state index is 5.16. The van der Waals surface area contributed by atoms with Crippen LogP contribution in [0.2, 0.25) is 0 Å². The van der Waals surface area contributed by atoms with E-state index in [-0.39, 0.29) is 27.3 Å². The number of rotatable bonds is 8. The third kappa shape index (κ3) is 12.0.